The molecule has 1 heterocycles. The largest absolute Gasteiger partial charge is 0.467 e. The van der Waals surface area contributed by atoms with Crippen LogP contribution in [0.25, 0.3) is 0 Å². The van der Waals surface area contributed by atoms with Gasteiger partial charge in [0, 0.05) is 0 Å². The SMILES string of the molecule is COC(=O)C(CC(C)C)NC(=O)C(C)N1CCCCCC1. The first-order chi connectivity index (χ1) is 9.95. The molecule has 122 valence electrons. The van der Waals surface area contributed by atoms with Gasteiger partial charge < -0.3 is 10.1 Å². The summed E-state index contributed by atoms with van der Waals surface area (Å²) in [5.41, 5.74) is 0. The maximum Gasteiger partial charge on any atom is 0.328 e. The van der Waals surface area contributed by atoms with Gasteiger partial charge in [-0.25, -0.2) is 4.79 Å². The topological polar surface area (TPSA) is 58.6 Å². The quantitative estimate of drug-likeness (QED) is 0.762. The zero-order chi connectivity index (χ0) is 15.8. The molecule has 0 saturated carbocycles. The summed E-state index contributed by atoms with van der Waals surface area (Å²) in [6, 6.07) is -0.737. The molecule has 0 aliphatic carbocycles. The van der Waals surface area contributed by atoms with E-state index in [1.165, 1.54) is 20.0 Å². The highest BCUT2D eigenvalue weighted by atomic mass is 16.5. The van der Waals surface area contributed by atoms with E-state index in [1.54, 1.807) is 0 Å². The molecule has 1 rings (SSSR count). The molecule has 0 radical (unpaired) electrons. The van der Waals surface area contributed by atoms with Gasteiger partial charge in [-0.3, -0.25) is 9.69 Å². The van der Waals surface area contributed by atoms with Gasteiger partial charge in [0.25, 0.3) is 0 Å². The van der Waals surface area contributed by atoms with Gasteiger partial charge in [-0.1, -0.05) is 26.7 Å². The Bertz CT molecular complexity index is 336. The molecular weight excluding hydrogens is 268 g/mol. The second-order valence-electron chi connectivity index (χ2n) is 6.34. The Morgan fingerprint density at radius 2 is 1.67 bits per heavy atom. The molecule has 21 heavy (non-hydrogen) atoms. The number of carbonyl (C=O) groups excluding carboxylic acids is 2. The number of nitrogens with one attached hydrogen (secondary N) is 1. The van der Waals surface area contributed by atoms with Crippen LogP contribution in [0.4, 0.5) is 0 Å². The highest BCUT2D eigenvalue weighted by Crippen LogP contribution is 2.13. The van der Waals surface area contributed by atoms with Crippen molar-refractivity contribution in [3.8, 4) is 0 Å². The van der Waals surface area contributed by atoms with Gasteiger partial charge in [0.05, 0.1) is 13.2 Å². The van der Waals surface area contributed by atoms with E-state index in [9.17, 15) is 9.59 Å². The Labute approximate surface area is 128 Å². The molecule has 1 N–H and O–H groups in total. The summed E-state index contributed by atoms with van der Waals surface area (Å²) in [5.74, 6) is -0.115. The van der Waals surface area contributed by atoms with Gasteiger partial charge in [-0.2, -0.15) is 0 Å². The predicted molar refractivity (Wildman–Crippen MR) is 82.9 cm³/mol. The first-order valence-electron chi connectivity index (χ1n) is 8.08. The van der Waals surface area contributed by atoms with E-state index >= 15 is 0 Å². The maximum atomic E-state index is 12.4. The van der Waals surface area contributed by atoms with Crippen molar-refractivity contribution in [2.45, 2.75) is 65.0 Å². The lowest BCUT2D eigenvalue weighted by Crippen LogP contribution is -2.51. The van der Waals surface area contributed by atoms with Crippen LogP contribution in [0.5, 0.6) is 0 Å². The summed E-state index contributed by atoms with van der Waals surface area (Å²) in [6.07, 6.45) is 5.37. The third-order valence-electron chi connectivity index (χ3n) is 4.08. The van der Waals surface area contributed by atoms with Crippen molar-refractivity contribution < 1.29 is 14.3 Å². The van der Waals surface area contributed by atoms with E-state index < -0.39 is 6.04 Å². The van der Waals surface area contributed by atoms with Crippen molar-refractivity contribution >= 4 is 11.9 Å². The van der Waals surface area contributed by atoms with Crippen molar-refractivity contribution in [3.05, 3.63) is 0 Å². The van der Waals surface area contributed by atoms with Crippen LogP contribution >= 0.6 is 0 Å². The minimum Gasteiger partial charge on any atom is -0.467 e. The second kappa shape index (κ2) is 9.03. The highest BCUT2D eigenvalue weighted by molar-refractivity contribution is 5.87. The lowest BCUT2D eigenvalue weighted by atomic mass is 10.0. The molecule has 0 aromatic rings. The maximum absolute atomic E-state index is 12.4. The summed E-state index contributed by atoms with van der Waals surface area (Å²) in [7, 11) is 1.36. The molecular formula is C16H30N2O3. The number of esters is 1. The Hall–Kier alpha value is -1.10. The van der Waals surface area contributed by atoms with E-state index in [4.69, 9.17) is 4.74 Å². The zero-order valence-electron chi connectivity index (χ0n) is 13.9. The van der Waals surface area contributed by atoms with Crippen LogP contribution in [0, 0.1) is 5.92 Å². The number of amides is 1. The number of methoxy groups -OCH3 is 1. The molecule has 1 saturated heterocycles. The Morgan fingerprint density at radius 1 is 1.10 bits per heavy atom. The number of hydrogen-bond acceptors (Lipinski definition) is 4. The lowest BCUT2D eigenvalue weighted by molar-refractivity contribution is -0.146. The van der Waals surface area contributed by atoms with E-state index in [0.717, 1.165) is 25.9 Å². The molecule has 1 amide bonds. The van der Waals surface area contributed by atoms with Gasteiger partial charge in [-0.05, 0) is 45.2 Å². The van der Waals surface area contributed by atoms with Crippen molar-refractivity contribution in [1.82, 2.24) is 10.2 Å². The van der Waals surface area contributed by atoms with E-state index in [1.807, 2.05) is 20.8 Å². The van der Waals surface area contributed by atoms with Crippen molar-refractivity contribution in [3.63, 3.8) is 0 Å². The van der Waals surface area contributed by atoms with E-state index in [2.05, 4.69) is 10.2 Å². The first-order valence-corrected chi connectivity index (χ1v) is 8.08. The standard InChI is InChI=1S/C16H30N2O3/c1-12(2)11-14(16(20)21-4)17-15(19)13(3)18-9-7-5-6-8-10-18/h12-14H,5-11H2,1-4H3,(H,17,19). The fourth-order valence-corrected chi connectivity index (χ4v) is 2.77. The Kier molecular flexibility index (Phi) is 7.72. The molecule has 1 aliphatic rings. The van der Waals surface area contributed by atoms with Crippen LogP contribution in [-0.2, 0) is 14.3 Å². The van der Waals surface area contributed by atoms with Gasteiger partial charge >= 0.3 is 5.97 Å². The molecule has 0 aromatic carbocycles. The highest BCUT2D eigenvalue weighted by Gasteiger charge is 2.27. The van der Waals surface area contributed by atoms with Gasteiger partial charge in [-0.15, -0.1) is 0 Å². The smallest absolute Gasteiger partial charge is 0.328 e. The van der Waals surface area contributed by atoms with Crippen LogP contribution < -0.4 is 5.32 Å². The monoisotopic (exact) mass is 298 g/mol. The normalized spacial score (nSPS) is 19.7. The average Bonchev–Trinajstić information content (AvgIpc) is 2.73. The van der Waals surface area contributed by atoms with Crippen molar-refractivity contribution in [2.24, 2.45) is 5.92 Å². The summed E-state index contributed by atoms with van der Waals surface area (Å²) >= 11 is 0. The number of likely N-dealkylation sites (tertiary alicyclic amines) is 1. The summed E-state index contributed by atoms with van der Waals surface area (Å²) in [6.45, 7) is 7.90. The summed E-state index contributed by atoms with van der Waals surface area (Å²) in [4.78, 5) is 26.4. The molecule has 2 atom stereocenters. The predicted octanol–water partition coefficient (Wildman–Crippen LogP) is 1.95. The van der Waals surface area contributed by atoms with Crippen LogP contribution in [0.15, 0.2) is 0 Å². The van der Waals surface area contributed by atoms with Gasteiger partial charge in [0.1, 0.15) is 6.04 Å². The third kappa shape index (κ3) is 6.04. The minimum absolute atomic E-state index is 0.0760. The number of nitrogens with zero attached hydrogens (tertiary/aromatic N) is 1. The van der Waals surface area contributed by atoms with E-state index in [0.29, 0.717) is 12.3 Å². The molecule has 0 spiro atoms. The number of carbonyl (C=O) groups is 2. The number of hydrogen-bond donors (Lipinski definition) is 1. The van der Waals surface area contributed by atoms with Gasteiger partial charge in [0.15, 0.2) is 0 Å². The molecule has 1 aliphatic heterocycles. The fraction of sp³-hybridized carbons (Fsp3) is 0.875. The Morgan fingerprint density at radius 3 is 2.14 bits per heavy atom. The molecule has 0 bridgehead atoms. The van der Waals surface area contributed by atoms with Crippen LogP contribution in [-0.4, -0.2) is 49.1 Å². The van der Waals surface area contributed by atoms with E-state index in [-0.39, 0.29) is 17.9 Å². The molecule has 2 unspecified atom stereocenters. The number of rotatable bonds is 6. The fourth-order valence-electron chi connectivity index (χ4n) is 2.77. The lowest BCUT2D eigenvalue weighted by Gasteiger charge is -2.28. The molecule has 5 nitrogen and oxygen atoms in total. The minimum atomic E-state index is -0.545. The van der Waals surface area contributed by atoms with Crippen LogP contribution in [0.2, 0.25) is 0 Å². The zero-order valence-corrected chi connectivity index (χ0v) is 13.9. The molecule has 0 aromatic heterocycles. The Balaban J connectivity index is 2.60. The second-order valence-corrected chi connectivity index (χ2v) is 6.34. The van der Waals surface area contributed by atoms with Crippen LogP contribution in [0.1, 0.15) is 52.9 Å². The molecule has 5 heteroatoms. The average molecular weight is 298 g/mol. The number of ether oxygens (including phenoxy) is 1. The van der Waals surface area contributed by atoms with Crippen molar-refractivity contribution in [1.29, 1.82) is 0 Å². The molecule has 1 fully saturated rings. The summed E-state index contributed by atoms with van der Waals surface area (Å²) in [5, 5.41) is 2.86. The summed E-state index contributed by atoms with van der Waals surface area (Å²) < 4.78 is 4.79. The van der Waals surface area contributed by atoms with Gasteiger partial charge in [0.2, 0.25) is 5.91 Å². The van der Waals surface area contributed by atoms with Crippen LogP contribution in [0.3, 0.4) is 0 Å². The first kappa shape index (κ1) is 18.0. The third-order valence-corrected chi connectivity index (χ3v) is 4.08. The van der Waals surface area contributed by atoms with Crippen molar-refractivity contribution in [2.75, 3.05) is 20.2 Å².